The van der Waals surface area contributed by atoms with Gasteiger partial charge in [0.1, 0.15) is 0 Å². The number of pyridine rings is 7. The standard InChI is InChI=1S/C45H37N2OP.2C43H35N4OP/c1-32-28-38(49(48,37-18-11-6-12-19-37)39-20-13-27-46-31-39)23-26-42(32)47-43-24-21-35(33-14-7-4-8-15-33)29-40(43)45(2,3)41-30-36(22-25-44(41)47)34-16-9-5-10-17-34;1-30-24-36(49(48,35-12-5-4-6-13-35)37-14-9-23-46-29-37)17-20-40(30)47-41-18-15-31(33-10-7-21-44-27-33)25-38(41)43(2,3)39-26-32(16-19-42(39)47)34-11-8-22-45-28-34;1-30-26-34(49(48,33-12-5-4-6-13-33)35-14-11-23-44-29-35)19-22-40(30)47-41-20-17-31(38-15-7-9-24-45-38)27-36(41)43(2,3)37-28-32(18-21-42(37)47)39-16-8-10-25-46-39/h4-31H,1-3H3;2*4-29H,1-3H3. The first-order valence-electron chi connectivity index (χ1n) is 49.6. The smallest absolute Gasteiger partial charge is 0.172 e. The molecule has 3 atom stereocenters. The Morgan fingerprint density at radius 1 is 0.184 bits per heavy atom. The molecule has 10 heterocycles. The van der Waals surface area contributed by atoms with E-state index in [1.165, 1.54) is 55.6 Å². The van der Waals surface area contributed by atoms with Crippen LogP contribution in [0.15, 0.2) is 487 Å². The number of aromatic nitrogens is 7. The molecule has 0 radical (unpaired) electrons. The van der Waals surface area contributed by atoms with Gasteiger partial charge in [0, 0.05) is 167 Å². The molecule has 714 valence electrons. The second kappa shape index (κ2) is 39.4. The van der Waals surface area contributed by atoms with Crippen molar-refractivity contribution in [2.24, 2.45) is 0 Å². The molecule has 16 heteroatoms. The van der Waals surface area contributed by atoms with Crippen LogP contribution in [0.5, 0.6) is 0 Å². The Labute approximate surface area is 860 Å². The first-order chi connectivity index (χ1) is 71.6. The number of aryl methyl sites for hydroxylation is 3. The third kappa shape index (κ3) is 17.4. The van der Waals surface area contributed by atoms with E-state index in [1.807, 2.05) is 201 Å². The number of rotatable bonds is 18. The van der Waals surface area contributed by atoms with Crippen LogP contribution >= 0.6 is 21.4 Å². The van der Waals surface area contributed by atoms with E-state index in [2.05, 4.69) is 348 Å². The molecule has 7 aromatic heterocycles. The van der Waals surface area contributed by atoms with Crippen LogP contribution in [0.4, 0.5) is 51.2 Å². The molecule has 0 aliphatic carbocycles. The van der Waals surface area contributed by atoms with E-state index < -0.39 is 21.4 Å². The van der Waals surface area contributed by atoms with Crippen molar-refractivity contribution in [3.8, 4) is 67.0 Å². The van der Waals surface area contributed by atoms with E-state index in [1.54, 1.807) is 49.6 Å². The summed E-state index contributed by atoms with van der Waals surface area (Å²) in [6, 6.07) is 141. The van der Waals surface area contributed by atoms with Gasteiger partial charge in [-0.1, -0.05) is 254 Å². The van der Waals surface area contributed by atoms with Gasteiger partial charge in [-0.25, -0.2) is 0 Å². The van der Waals surface area contributed by atoms with E-state index in [-0.39, 0.29) is 16.2 Å². The van der Waals surface area contributed by atoms with Crippen molar-refractivity contribution < 1.29 is 13.7 Å². The second-order valence-corrected chi connectivity index (χ2v) is 47.6. The average molecular weight is 1960 g/mol. The van der Waals surface area contributed by atoms with E-state index in [9.17, 15) is 0 Å². The summed E-state index contributed by atoms with van der Waals surface area (Å²) < 4.78 is 45.7. The fourth-order valence-corrected chi connectivity index (χ4v) is 29.6. The van der Waals surface area contributed by atoms with Crippen LogP contribution in [0.1, 0.15) is 91.6 Å². The van der Waals surface area contributed by atoms with Crippen molar-refractivity contribution in [3.05, 3.63) is 537 Å². The van der Waals surface area contributed by atoms with Crippen LogP contribution in [-0.2, 0) is 29.9 Å². The minimum atomic E-state index is -3.19. The Balaban J connectivity index is 0.000000125. The number of hydrogen-bond donors (Lipinski definition) is 0. The predicted molar refractivity (Wildman–Crippen MR) is 609 cm³/mol. The molecule has 3 aliphatic heterocycles. The quantitative estimate of drug-likeness (QED) is 0.0750. The lowest BCUT2D eigenvalue weighted by Crippen LogP contribution is -2.31. The summed E-state index contributed by atoms with van der Waals surface area (Å²) in [6.45, 7) is 20.2. The van der Waals surface area contributed by atoms with Gasteiger partial charge in [0.2, 0.25) is 0 Å². The fraction of sp³-hybridized carbons (Fsp3) is 0.0916. The monoisotopic (exact) mass is 1960 g/mol. The molecular weight excluding hydrogens is 1850 g/mol. The normalized spacial score (nSPS) is 14.4. The van der Waals surface area contributed by atoms with Crippen molar-refractivity contribution in [2.75, 3.05) is 14.7 Å². The zero-order valence-electron chi connectivity index (χ0n) is 83.2. The number of nitrogens with zero attached hydrogens (tertiary/aromatic N) is 10. The van der Waals surface area contributed by atoms with Crippen molar-refractivity contribution in [1.82, 2.24) is 34.9 Å². The molecule has 24 rings (SSSR count). The van der Waals surface area contributed by atoms with Crippen LogP contribution in [0.3, 0.4) is 0 Å². The highest BCUT2D eigenvalue weighted by atomic mass is 31.2. The Morgan fingerprint density at radius 2 is 0.408 bits per heavy atom. The Hall–Kier alpha value is -16.8. The van der Waals surface area contributed by atoms with Gasteiger partial charge in [-0.05, 0) is 316 Å². The summed E-state index contributed by atoms with van der Waals surface area (Å²) in [5.74, 6) is 0. The second-order valence-electron chi connectivity index (χ2n) is 39.3. The summed E-state index contributed by atoms with van der Waals surface area (Å²) in [6.07, 6.45) is 21.5. The van der Waals surface area contributed by atoms with E-state index in [4.69, 9.17) is 0 Å². The third-order valence-electron chi connectivity index (χ3n) is 29.3. The highest BCUT2D eigenvalue weighted by Crippen LogP contribution is 2.60. The van der Waals surface area contributed by atoms with Crippen molar-refractivity contribution in [3.63, 3.8) is 0 Å². The Kier molecular flexibility index (Phi) is 25.5. The van der Waals surface area contributed by atoms with Gasteiger partial charge in [0.05, 0.1) is 45.5 Å². The molecule has 0 N–H and O–H groups in total. The summed E-state index contributed by atoms with van der Waals surface area (Å²) in [5.41, 5.74) is 32.7. The van der Waals surface area contributed by atoms with Crippen molar-refractivity contribution in [2.45, 2.75) is 78.6 Å². The van der Waals surface area contributed by atoms with Gasteiger partial charge in [0.15, 0.2) is 21.4 Å². The number of anilines is 9. The molecule has 147 heavy (non-hydrogen) atoms. The molecule has 0 saturated carbocycles. The molecular formula is C131H107N10O3P3. The van der Waals surface area contributed by atoms with Crippen molar-refractivity contribution in [1.29, 1.82) is 0 Å². The molecule has 21 aromatic rings. The first-order valence-corrected chi connectivity index (χ1v) is 54.7. The molecule has 14 aromatic carbocycles. The number of fused-ring (bicyclic) bond motifs is 6. The zero-order chi connectivity index (χ0) is 101. The predicted octanol–water partition coefficient (Wildman–Crippen LogP) is 29.0. The summed E-state index contributed by atoms with van der Waals surface area (Å²) in [5, 5.41) is 6.89. The SMILES string of the molecule is Cc1cc(P(=O)(c2ccccc2)c2cccnc2)ccc1N1c2ccc(-c3ccccc3)cc2C(C)(C)c2cc(-c3ccccc3)ccc21.Cc1cc(P(=O)(c2ccccc2)c2cccnc2)ccc1N1c2ccc(-c3ccccn3)cc2C(C)(C)c2cc(-c3ccccn3)ccc21.Cc1cc(P(=O)(c2ccccc2)c2cccnc2)ccc1N1c2ccc(-c3cccnc3)cc2C(C)(C)c2cc(-c3cccnc3)ccc21. The molecule has 3 unspecified atom stereocenters. The molecule has 0 fully saturated rings. The molecule has 0 bridgehead atoms. The van der Waals surface area contributed by atoms with Crippen LogP contribution in [-0.4, -0.2) is 34.9 Å². The fourth-order valence-electron chi connectivity index (χ4n) is 21.6. The maximum atomic E-state index is 15.2. The topological polar surface area (TPSA) is 151 Å². The molecule has 3 aliphatic rings. The average Bonchev–Trinajstić information content (AvgIpc) is 0.719. The van der Waals surface area contributed by atoms with Gasteiger partial charge >= 0.3 is 0 Å². The van der Waals surface area contributed by atoms with E-state index in [0.717, 1.165) is 155 Å². The maximum Gasteiger partial charge on any atom is 0.172 e. The zero-order valence-corrected chi connectivity index (χ0v) is 85.9. The minimum absolute atomic E-state index is 0.270. The molecule has 13 nitrogen and oxygen atoms in total. The Morgan fingerprint density at radius 3 is 0.653 bits per heavy atom. The van der Waals surface area contributed by atoms with Gasteiger partial charge in [-0.3, -0.25) is 34.9 Å². The summed E-state index contributed by atoms with van der Waals surface area (Å²) in [7, 11) is -9.56. The number of hydrogen-bond acceptors (Lipinski definition) is 13. The number of benzene rings is 14. The van der Waals surface area contributed by atoms with Crippen LogP contribution in [0, 0.1) is 20.8 Å². The lowest BCUT2D eigenvalue weighted by molar-refractivity contribution is 0.591. The maximum absolute atomic E-state index is 15.2. The lowest BCUT2D eigenvalue weighted by Gasteiger charge is -2.43. The summed E-state index contributed by atoms with van der Waals surface area (Å²) in [4.78, 5) is 38.3. The summed E-state index contributed by atoms with van der Waals surface area (Å²) >= 11 is 0. The van der Waals surface area contributed by atoms with Crippen LogP contribution < -0.4 is 62.4 Å². The Bertz CT molecular complexity index is 7420. The van der Waals surface area contributed by atoms with Crippen molar-refractivity contribution >= 4 is 120 Å². The van der Waals surface area contributed by atoms with Gasteiger partial charge in [0.25, 0.3) is 0 Å². The largest absolute Gasteiger partial charge is 0.310 e. The highest BCUT2D eigenvalue weighted by Gasteiger charge is 2.44. The third-order valence-corrected chi connectivity index (χ3v) is 38.4. The van der Waals surface area contributed by atoms with Crippen LogP contribution in [0.2, 0.25) is 0 Å². The van der Waals surface area contributed by atoms with Gasteiger partial charge in [-0.15, -0.1) is 0 Å². The molecule has 0 saturated heterocycles. The van der Waals surface area contributed by atoms with Gasteiger partial charge < -0.3 is 28.4 Å². The molecule has 0 amide bonds. The first kappa shape index (κ1) is 95.1. The van der Waals surface area contributed by atoms with E-state index >= 15 is 13.7 Å². The minimum Gasteiger partial charge on any atom is -0.310 e. The van der Waals surface area contributed by atoms with Crippen LogP contribution in [0.25, 0.3) is 67.0 Å². The lowest BCUT2D eigenvalue weighted by atomic mass is 9.72. The molecule has 0 spiro atoms. The van der Waals surface area contributed by atoms with Gasteiger partial charge in [-0.2, -0.15) is 0 Å². The highest BCUT2D eigenvalue weighted by molar-refractivity contribution is 7.86. The van der Waals surface area contributed by atoms with E-state index in [0.29, 0.717) is 5.30 Å².